The highest BCUT2D eigenvalue weighted by molar-refractivity contribution is 14.0. The highest BCUT2D eigenvalue weighted by atomic mass is 127. The van der Waals surface area contributed by atoms with E-state index >= 15 is 0 Å². The number of methoxy groups -OCH3 is 1. The van der Waals surface area contributed by atoms with Gasteiger partial charge in [-0.3, -0.25) is 0 Å². The van der Waals surface area contributed by atoms with Crippen LogP contribution in [-0.2, 0) is 11.3 Å². The minimum atomic E-state index is 0. The molecule has 2 atom stereocenters. The van der Waals surface area contributed by atoms with E-state index in [1.807, 2.05) is 18.3 Å². The van der Waals surface area contributed by atoms with Gasteiger partial charge < -0.3 is 24.6 Å². The summed E-state index contributed by atoms with van der Waals surface area (Å²) in [4.78, 5) is 14.3. The van der Waals surface area contributed by atoms with Gasteiger partial charge in [-0.25, -0.2) is 9.98 Å². The number of ether oxygens (including phenoxy) is 2. The summed E-state index contributed by atoms with van der Waals surface area (Å²) in [6.07, 6.45) is 3.33. The molecule has 1 aromatic carbocycles. The summed E-state index contributed by atoms with van der Waals surface area (Å²) in [5.74, 6) is 3.42. The van der Waals surface area contributed by atoms with Gasteiger partial charge in [0.15, 0.2) is 5.96 Å². The van der Waals surface area contributed by atoms with Crippen LogP contribution in [0.2, 0.25) is 0 Å². The molecule has 2 aliphatic rings. The van der Waals surface area contributed by atoms with Gasteiger partial charge in [-0.15, -0.1) is 24.0 Å². The number of morpholine rings is 1. The van der Waals surface area contributed by atoms with Crippen LogP contribution in [0, 0.1) is 0 Å². The largest absolute Gasteiger partial charge is 0.497 e. The molecule has 2 saturated heterocycles. The summed E-state index contributed by atoms with van der Waals surface area (Å²) in [5, 5.41) is 3.47. The molecule has 0 aliphatic carbocycles. The van der Waals surface area contributed by atoms with E-state index in [-0.39, 0.29) is 30.1 Å². The molecule has 8 heteroatoms. The van der Waals surface area contributed by atoms with E-state index in [1.54, 1.807) is 7.11 Å². The minimum Gasteiger partial charge on any atom is -0.497 e. The van der Waals surface area contributed by atoms with E-state index in [1.165, 1.54) is 5.56 Å². The second kappa shape index (κ2) is 12.4. The van der Waals surface area contributed by atoms with Gasteiger partial charge >= 0.3 is 0 Å². The van der Waals surface area contributed by atoms with Crippen LogP contribution in [0.5, 0.6) is 5.75 Å². The average Bonchev–Trinajstić information content (AvgIpc) is 3.32. The highest BCUT2D eigenvalue weighted by Gasteiger charge is 2.26. The number of aliphatic imine (C=N–C) groups is 1. The lowest BCUT2D eigenvalue weighted by atomic mass is 9.98. The fourth-order valence-corrected chi connectivity index (χ4v) is 4.42. The van der Waals surface area contributed by atoms with Crippen molar-refractivity contribution in [2.45, 2.75) is 38.8 Å². The number of hydrogen-bond donors (Lipinski definition) is 1. The maximum absolute atomic E-state index is 5.63. The Morgan fingerprint density at radius 1 is 1.18 bits per heavy atom. The summed E-state index contributed by atoms with van der Waals surface area (Å²) < 4.78 is 10.9. The van der Waals surface area contributed by atoms with E-state index < -0.39 is 0 Å². The Morgan fingerprint density at radius 2 is 2.00 bits per heavy atom. The van der Waals surface area contributed by atoms with Crippen molar-refractivity contribution < 1.29 is 9.47 Å². The molecule has 2 unspecified atom stereocenters. The SMILES string of the molecule is CCNC(=NCc1ccc(N2CCOC(C)C2)nc1)N1CCC(c2ccc(OC)cc2)C1.I. The first-order chi connectivity index (χ1) is 15.7. The smallest absolute Gasteiger partial charge is 0.194 e. The Hall–Kier alpha value is -2.07. The lowest BCUT2D eigenvalue weighted by Crippen LogP contribution is -2.41. The summed E-state index contributed by atoms with van der Waals surface area (Å²) in [5.41, 5.74) is 2.48. The van der Waals surface area contributed by atoms with Crippen LogP contribution < -0.4 is 15.0 Å². The lowest BCUT2D eigenvalue weighted by Gasteiger charge is -2.32. The standard InChI is InChI=1S/C25H35N5O2.HI/c1-4-26-25(30-12-11-22(18-30)21-6-8-23(31-3)9-7-21)28-16-20-5-10-24(27-15-20)29-13-14-32-19(2)17-29;/h5-10,15,19,22H,4,11-14,16-18H2,1-3H3,(H,26,28);1H. The molecule has 2 aliphatic heterocycles. The second-order valence-corrected chi connectivity index (χ2v) is 8.53. The van der Waals surface area contributed by atoms with Crippen molar-refractivity contribution in [1.82, 2.24) is 15.2 Å². The first kappa shape index (κ1) is 25.6. The third-order valence-electron chi connectivity index (χ3n) is 6.20. The van der Waals surface area contributed by atoms with E-state index in [2.05, 4.69) is 58.2 Å². The number of guanidine groups is 1. The van der Waals surface area contributed by atoms with E-state index in [0.29, 0.717) is 12.5 Å². The van der Waals surface area contributed by atoms with Crippen LogP contribution in [0.15, 0.2) is 47.6 Å². The maximum Gasteiger partial charge on any atom is 0.194 e. The fraction of sp³-hybridized carbons (Fsp3) is 0.520. The molecule has 180 valence electrons. The molecular weight excluding hydrogens is 529 g/mol. The third kappa shape index (κ3) is 6.72. The van der Waals surface area contributed by atoms with Crippen molar-refractivity contribution >= 4 is 35.8 Å². The van der Waals surface area contributed by atoms with Gasteiger partial charge in [0.05, 0.1) is 26.4 Å². The van der Waals surface area contributed by atoms with Crippen molar-refractivity contribution in [2.75, 3.05) is 51.3 Å². The Kier molecular flexibility index (Phi) is 9.61. The molecule has 0 spiro atoms. The number of anilines is 1. The molecule has 1 aromatic heterocycles. The lowest BCUT2D eigenvalue weighted by molar-refractivity contribution is 0.0529. The molecule has 4 rings (SSSR count). The van der Waals surface area contributed by atoms with Crippen LogP contribution >= 0.6 is 24.0 Å². The molecular formula is C25H36IN5O2. The monoisotopic (exact) mass is 565 g/mol. The van der Waals surface area contributed by atoms with Gasteiger partial charge in [0.1, 0.15) is 11.6 Å². The Labute approximate surface area is 214 Å². The zero-order chi connectivity index (χ0) is 22.3. The number of nitrogens with zero attached hydrogens (tertiary/aromatic N) is 4. The molecule has 2 fully saturated rings. The average molecular weight is 566 g/mol. The summed E-state index contributed by atoms with van der Waals surface area (Å²) >= 11 is 0. The first-order valence-corrected chi connectivity index (χ1v) is 11.6. The fourth-order valence-electron chi connectivity index (χ4n) is 4.42. The molecule has 3 heterocycles. The molecule has 33 heavy (non-hydrogen) atoms. The van der Waals surface area contributed by atoms with Gasteiger partial charge in [-0.2, -0.15) is 0 Å². The summed E-state index contributed by atoms with van der Waals surface area (Å²) in [6.45, 7) is 10.2. The predicted octanol–water partition coefficient (Wildman–Crippen LogP) is 3.89. The number of likely N-dealkylation sites (tertiary alicyclic amines) is 1. The van der Waals surface area contributed by atoms with Crippen LogP contribution in [0.4, 0.5) is 5.82 Å². The molecule has 2 aromatic rings. The van der Waals surface area contributed by atoms with Crippen molar-refractivity contribution in [2.24, 2.45) is 4.99 Å². The van der Waals surface area contributed by atoms with Crippen molar-refractivity contribution in [3.05, 3.63) is 53.7 Å². The Morgan fingerprint density at radius 3 is 2.67 bits per heavy atom. The van der Waals surface area contributed by atoms with Crippen LogP contribution in [0.1, 0.15) is 37.3 Å². The molecule has 7 nitrogen and oxygen atoms in total. The van der Waals surface area contributed by atoms with Gasteiger partial charge in [-0.05, 0) is 49.6 Å². The third-order valence-corrected chi connectivity index (χ3v) is 6.20. The Balaban J connectivity index is 0.00000306. The number of benzene rings is 1. The van der Waals surface area contributed by atoms with Crippen LogP contribution in [0.3, 0.4) is 0 Å². The maximum atomic E-state index is 5.63. The number of halogens is 1. The summed E-state index contributed by atoms with van der Waals surface area (Å²) in [7, 11) is 1.71. The van der Waals surface area contributed by atoms with Crippen LogP contribution in [-0.4, -0.2) is 68.4 Å². The van der Waals surface area contributed by atoms with E-state index in [9.17, 15) is 0 Å². The van der Waals surface area contributed by atoms with Gasteiger partial charge in [0, 0.05) is 44.8 Å². The molecule has 1 N–H and O–H groups in total. The molecule has 0 bridgehead atoms. The normalized spacial score (nSPS) is 21.0. The number of nitrogens with one attached hydrogen (secondary N) is 1. The van der Waals surface area contributed by atoms with Crippen molar-refractivity contribution in [3.63, 3.8) is 0 Å². The van der Waals surface area contributed by atoms with Gasteiger partial charge in [-0.1, -0.05) is 18.2 Å². The summed E-state index contributed by atoms with van der Waals surface area (Å²) in [6, 6.07) is 12.7. The first-order valence-electron chi connectivity index (χ1n) is 11.6. The zero-order valence-corrected chi connectivity index (χ0v) is 22.2. The van der Waals surface area contributed by atoms with E-state index in [4.69, 9.17) is 14.5 Å². The van der Waals surface area contributed by atoms with Gasteiger partial charge in [0.25, 0.3) is 0 Å². The predicted molar refractivity (Wildman–Crippen MR) is 144 cm³/mol. The quantitative estimate of drug-likeness (QED) is 0.326. The minimum absolute atomic E-state index is 0. The van der Waals surface area contributed by atoms with Crippen molar-refractivity contribution in [3.8, 4) is 5.75 Å². The van der Waals surface area contributed by atoms with Gasteiger partial charge in [0.2, 0.25) is 0 Å². The molecule has 0 saturated carbocycles. The second-order valence-electron chi connectivity index (χ2n) is 8.53. The zero-order valence-electron chi connectivity index (χ0n) is 19.9. The number of rotatable bonds is 6. The van der Waals surface area contributed by atoms with Crippen LogP contribution in [0.25, 0.3) is 0 Å². The van der Waals surface area contributed by atoms with Crippen molar-refractivity contribution in [1.29, 1.82) is 0 Å². The highest BCUT2D eigenvalue weighted by Crippen LogP contribution is 2.28. The number of pyridine rings is 1. The topological polar surface area (TPSA) is 62.2 Å². The molecule has 0 amide bonds. The van der Waals surface area contributed by atoms with E-state index in [0.717, 1.165) is 68.8 Å². The number of aromatic nitrogens is 1. The molecule has 0 radical (unpaired) electrons. The number of hydrogen-bond acceptors (Lipinski definition) is 5. The Bertz CT molecular complexity index is 891.